The highest BCUT2D eigenvalue weighted by molar-refractivity contribution is 7.96. The number of fused-ring (bicyclic) bond motifs is 1. The Balaban J connectivity index is 2.70. The highest BCUT2D eigenvalue weighted by Gasteiger charge is 2.29. The Morgan fingerprint density at radius 3 is 2.50 bits per heavy atom. The first-order valence-corrected chi connectivity index (χ1v) is 9.31. The Labute approximate surface area is 135 Å². The molecule has 0 aliphatic heterocycles. The number of benzene rings is 2. The molecule has 0 bridgehead atoms. The molecular formula is C16H19O4PS. The van der Waals surface area contributed by atoms with Crippen molar-refractivity contribution in [1.82, 2.24) is 0 Å². The fourth-order valence-electron chi connectivity index (χ4n) is 2.52. The summed E-state index contributed by atoms with van der Waals surface area (Å²) in [6.07, 6.45) is 0.199. The Bertz CT molecular complexity index is 764. The molecule has 1 unspecified atom stereocenters. The fraction of sp³-hybridized carbons (Fsp3) is 0.312. The second-order valence-corrected chi connectivity index (χ2v) is 8.30. The molecule has 2 aromatic rings. The summed E-state index contributed by atoms with van der Waals surface area (Å²) in [4.78, 5) is 21.1. The molecule has 22 heavy (non-hydrogen) atoms. The first-order chi connectivity index (χ1) is 10.1. The van der Waals surface area contributed by atoms with Crippen LogP contribution in [0, 0.1) is 0 Å². The Hall–Kier alpha value is -1.29. The van der Waals surface area contributed by atoms with E-state index in [0.717, 1.165) is 17.4 Å². The van der Waals surface area contributed by atoms with Crippen molar-refractivity contribution in [2.45, 2.75) is 25.7 Å². The molecule has 2 aromatic carbocycles. The second-order valence-electron chi connectivity index (χ2n) is 6.01. The molecule has 0 spiro atoms. The summed E-state index contributed by atoms with van der Waals surface area (Å²) < 4.78 is 17.2. The van der Waals surface area contributed by atoms with E-state index < -0.39 is 13.0 Å². The zero-order chi connectivity index (χ0) is 16.5. The molecule has 0 saturated heterocycles. The van der Waals surface area contributed by atoms with Crippen molar-refractivity contribution < 1.29 is 18.8 Å². The number of rotatable bonds is 5. The Morgan fingerprint density at radius 1 is 1.27 bits per heavy atom. The van der Waals surface area contributed by atoms with Crippen molar-refractivity contribution in [2.24, 2.45) is 0 Å². The van der Waals surface area contributed by atoms with Gasteiger partial charge in [0.05, 0.1) is 0 Å². The third kappa shape index (κ3) is 3.92. The average molecular weight is 338 g/mol. The minimum Gasteiger partial charge on any atom is -0.424 e. The van der Waals surface area contributed by atoms with Gasteiger partial charge >= 0.3 is 7.60 Å². The van der Waals surface area contributed by atoms with E-state index >= 15 is 0 Å². The predicted octanol–water partition coefficient (Wildman–Crippen LogP) is 4.16. The van der Waals surface area contributed by atoms with E-state index in [9.17, 15) is 14.3 Å². The topological polar surface area (TPSA) is 63.6 Å². The molecule has 0 aliphatic carbocycles. The zero-order valence-corrected chi connectivity index (χ0v) is 14.5. The van der Waals surface area contributed by atoms with Crippen LogP contribution in [0.25, 0.3) is 10.8 Å². The van der Waals surface area contributed by atoms with Gasteiger partial charge < -0.3 is 9.42 Å². The molecule has 0 amide bonds. The van der Waals surface area contributed by atoms with Gasteiger partial charge in [0, 0.05) is 29.5 Å². The maximum absolute atomic E-state index is 11.8. The van der Waals surface area contributed by atoms with Crippen LogP contribution in [0.15, 0.2) is 36.4 Å². The lowest BCUT2D eigenvalue weighted by Gasteiger charge is -2.27. The number of hydrogen-bond acceptors (Lipinski definition) is 3. The predicted molar refractivity (Wildman–Crippen MR) is 92.0 cm³/mol. The summed E-state index contributed by atoms with van der Waals surface area (Å²) in [5.74, 6) is 0.353. The van der Waals surface area contributed by atoms with E-state index in [-0.39, 0.29) is 11.5 Å². The van der Waals surface area contributed by atoms with E-state index in [2.05, 4.69) is 12.6 Å². The summed E-state index contributed by atoms with van der Waals surface area (Å²) >= 11 is 3.85. The molecule has 1 N–H and O–H groups in total. The maximum Gasteiger partial charge on any atom is 0.373 e. The molecule has 0 aromatic heterocycles. The SMILES string of the molecule is CC(C)(CC(=O)S)c1ccc2ccccc2c1OP(C)(=O)O. The Morgan fingerprint density at radius 2 is 1.91 bits per heavy atom. The quantitative estimate of drug-likeness (QED) is 0.635. The van der Waals surface area contributed by atoms with Gasteiger partial charge in [0.25, 0.3) is 0 Å². The van der Waals surface area contributed by atoms with Crippen molar-refractivity contribution in [2.75, 3.05) is 6.66 Å². The second kappa shape index (κ2) is 6.07. The number of carbonyl (C=O) groups excluding carboxylic acids is 1. The van der Waals surface area contributed by atoms with Crippen LogP contribution in [0.1, 0.15) is 25.8 Å². The molecule has 0 radical (unpaired) electrons. The van der Waals surface area contributed by atoms with Gasteiger partial charge in [0.1, 0.15) is 5.75 Å². The third-order valence-corrected chi connectivity index (χ3v) is 4.14. The summed E-state index contributed by atoms with van der Waals surface area (Å²) in [6, 6.07) is 11.2. The minimum absolute atomic E-state index is 0.199. The average Bonchev–Trinajstić information content (AvgIpc) is 2.35. The molecule has 4 nitrogen and oxygen atoms in total. The van der Waals surface area contributed by atoms with Gasteiger partial charge in [-0.15, -0.1) is 12.6 Å². The summed E-state index contributed by atoms with van der Waals surface area (Å²) in [5.41, 5.74) is 0.151. The smallest absolute Gasteiger partial charge is 0.373 e. The van der Waals surface area contributed by atoms with E-state index in [1.807, 2.05) is 50.2 Å². The number of carbonyl (C=O) groups is 1. The van der Waals surface area contributed by atoms with Crippen LogP contribution in [-0.2, 0) is 14.8 Å². The highest BCUT2D eigenvalue weighted by Crippen LogP contribution is 2.47. The van der Waals surface area contributed by atoms with E-state index in [1.54, 1.807) is 0 Å². The summed E-state index contributed by atoms with van der Waals surface area (Å²) in [7, 11) is -3.73. The van der Waals surface area contributed by atoms with Gasteiger partial charge in [-0.1, -0.05) is 50.2 Å². The largest absolute Gasteiger partial charge is 0.424 e. The lowest BCUT2D eigenvalue weighted by atomic mass is 9.80. The van der Waals surface area contributed by atoms with Crippen LogP contribution in [0.4, 0.5) is 0 Å². The maximum atomic E-state index is 11.8. The lowest BCUT2D eigenvalue weighted by Crippen LogP contribution is -2.21. The summed E-state index contributed by atoms with van der Waals surface area (Å²) in [6.45, 7) is 4.92. The van der Waals surface area contributed by atoms with Crippen LogP contribution in [0.2, 0.25) is 0 Å². The third-order valence-electron chi connectivity index (χ3n) is 3.46. The molecular weight excluding hydrogens is 319 g/mol. The monoisotopic (exact) mass is 338 g/mol. The van der Waals surface area contributed by atoms with Crippen LogP contribution in [0.5, 0.6) is 5.75 Å². The van der Waals surface area contributed by atoms with Crippen LogP contribution >= 0.6 is 20.2 Å². The standard InChI is InChI=1S/C16H19O4PS/c1-16(2,10-14(17)22)13-9-8-11-6-4-5-7-12(11)15(13)20-21(3,18)19/h4-9H,10H2,1-3H3,(H,17,22)(H,18,19). The van der Waals surface area contributed by atoms with Crippen molar-refractivity contribution in [3.63, 3.8) is 0 Å². The van der Waals surface area contributed by atoms with Gasteiger partial charge in [0.2, 0.25) is 0 Å². The van der Waals surface area contributed by atoms with Crippen LogP contribution in [-0.4, -0.2) is 16.7 Å². The summed E-state index contributed by atoms with van der Waals surface area (Å²) in [5, 5.41) is 1.41. The molecule has 0 aliphatic rings. The fourth-order valence-corrected chi connectivity index (χ4v) is 3.45. The molecule has 118 valence electrons. The van der Waals surface area contributed by atoms with Crippen LogP contribution < -0.4 is 4.52 Å². The van der Waals surface area contributed by atoms with Gasteiger partial charge in [-0.2, -0.15) is 0 Å². The zero-order valence-electron chi connectivity index (χ0n) is 12.7. The molecule has 0 fully saturated rings. The van der Waals surface area contributed by atoms with Crippen molar-refractivity contribution in [3.05, 3.63) is 42.0 Å². The van der Waals surface area contributed by atoms with Gasteiger partial charge in [0.15, 0.2) is 5.12 Å². The molecule has 0 saturated carbocycles. The van der Waals surface area contributed by atoms with Crippen molar-refractivity contribution in [1.29, 1.82) is 0 Å². The lowest BCUT2D eigenvalue weighted by molar-refractivity contribution is -0.111. The van der Waals surface area contributed by atoms with Crippen LogP contribution in [0.3, 0.4) is 0 Å². The van der Waals surface area contributed by atoms with Gasteiger partial charge in [-0.25, -0.2) is 4.57 Å². The number of thiol groups is 1. The highest BCUT2D eigenvalue weighted by atomic mass is 32.1. The Kier molecular flexibility index (Phi) is 4.71. The first-order valence-electron chi connectivity index (χ1n) is 6.84. The molecule has 6 heteroatoms. The first kappa shape index (κ1) is 17.1. The molecule has 0 heterocycles. The van der Waals surface area contributed by atoms with E-state index in [0.29, 0.717) is 11.3 Å². The van der Waals surface area contributed by atoms with Crippen molar-refractivity contribution >= 4 is 36.1 Å². The normalized spacial score (nSPS) is 14.6. The minimum atomic E-state index is -3.73. The van der Waals surface area contributed by atoms with Gasteiger partial charge in [-0.3, -0.25) is 4.79 Å². The van der Waals surface area contributed by atoms with Gasteiger partial charge in [-0.05, 0) is 5.39 Å². The van der Waals surface area contributed by atoms with E-state index in [1.165, 1.54) is 0 Å². The molecule has 2 rings (SSSR count). The van der Waals surface area contributed by atoms with E-state index in [4.69, 9.17) is 4.52 Å². The van der Waals surface area contributed by atoms with Crippen molar-refractivity contribution in [3.8, 4) is 5.75 Å². The number of hydrogen-bond donors (Lipinski definition) is 2. The molecule has 1 atom stereocenters.